The fraction of sp³-hybridized carbons (Fsp3) is 0.280. The number of hydrogen-bond acceptors (Lipinski definition) is 3. The molecule has 0 aliphatic carbocycles. The minimum absolute atomic E-state index is 0.145. The highest BCUT2D eigenvalue weighted by Gasteiger charge is 2.37. The molecule has 2 heterocycles. The summed E-state index contributed by atoms with van der Waals surface area (Å²) in [6.45, 7) is 8.27. The fourth-order valence-corrected chi connectivity index (χ4v) is 4.13. The SMILES string of the molecule is CC(C)OC(=O)C1=CN(C(=O)c2ccccc2)CC(C)(C)c2c1[nH]c1ccccc21. The Morgan fingerprint density at radius 1 is 1.03 bits per heavy atom. The van der Waals surface area contributed by atoms with E-state index in [0.717, 1.165) is 22.2 Å². The zero-order valence-electron chi connectivity index (χ0n) is 17.7. The summed E-state index contributed by atoms with van der Waals surface area (Å²) in [7, 11) is 0. The number of nitrogens with zero attached hydrogens (tertiary/aromatic N) is 1. The highest BCUT2D eigenvalue weighted by atomic mass is 16.5. The first-order valence-electron chi connectivity index (χ1n) is 10.2. The molecule has 0 fully saturated rings. The number of aromatic nitrogens is 1. The van der Waals surface area contributed by atoms with Crippen LogP contribution in [0.15, 0.2) is 60.8 Å². The summed E-state index contributed by atoms with van der Waals surface area (Å²) in [4.78, 5) is 31.4. The van der Waals surface area contributed by atoms with E-state index in [1.54, 1.807) is 23.2 Å². The van der Waals surface area contributed by atoms with Crippen molar-refractivity contribution in [2.75, 3.05) is 6.54 Å². The normalized spacial score (nSPS) is 15.5. The Balaban J connectivity index is 1.90. The van der Waals surface area contributed by atoms with Gasteiger partial charge >= 0.3 is 5.97 Å². The van der Waals surface area contributed by atoms with Crippen molar-refractivity contribution in [3.8, 4) is 0 Å². The molecular formula is C25H26N2O3. The van der Waals surface area contributed by atoms with Gasteiger partial charge in [-0.25, -0.2) is 4.79 Å². The number of carbonyl (C=O) groups excluding carboxylic acids is 2. The van der Waals surface area contributed by atoms with Gasteiger partial charge in [-0.15, -0.1) is 0 Å². The van der Waals surface area contributed by atoms with Gasteiger partial charge in [0.25, 0.3) is 5.91 Å². The number of hydrogen-bond donors (Lipinski definition) is 1. The molecule has 0 saturated carbocycles. The van der Waals surface area contributed by atoms with Gasteiger partial charge in [0.1, 0.15) is 0 Å². The predicted octanol–water partition coefficient (Wildman–Crippen LogP) is 4.89. The molecule has 2 aromatic carbocycles. The summed E-state index contributed by atoms with van der Waals surface area (Å²) in [6, 6.07) is 17.1. The molecule has 0 radical (unpaired) electrons. The van der Waals surface area contributed by atoms with E-state index >= 15 is 0 Å². The van der Waals surface area contributed by atoms with Crippen molar-refractivity contribution in [2.24, 2.45) is 0 Å². The van der Waals surface area contributed by atoms with Crippen LogP contribution in [0, 0.1) is 0 Å². The quantitative estimate of drug-likeness (QED) is 0.634. The molecule has 1 aliphatic rings. The Morgan fingerprint density at radius 2 is 1.70 bits per heavy atom. The maximum absolute atomic E-state index is 13.3. The van der Waals surface area contributed by atoms with Crippen molar-refractivity contribution in [1.82, 2.24) is 9.88 Å². The number of benzene rings is 2. The molecule has 30 heavy (non-hydrogen) atoms. The first-order valence-corrected chi connectivity index (χ1v) is 10.2. The van der Waals surface area contributed by atoms with E-state index in [9.17, 15) is 9.59 Å². The van der Waals surface area contributed by atoms with Gasteiger partial charge in [-0.3, -0.25) is 4.79 Å². The number of aromatic amines is 1. The van der Waals surface area contributed by atoms with E-state index in [-0.39, 0.29) is 12.0 Å². The van der Waals surface area contributed by atoms with Crippen LogP contribution in [0.4, 0.5) is 0 Å². The van der Waals surface area contributed by atoms with Gasteiger partial charge in [0.05, 0.1) is 17.4 Å². The molecule has 154 valence electrons. The topological polar surface area (TPSA) is 62.4 Å². The van der Waals surface area contributed by atoms with Gasteiger partial charge in [-0.1, -0.05) is 50.2 Å². The van der Waals surface area contributed by atoms with Gasteiger partial charge in [-0.2, -0.15) is 0 Å². The number of amides is 1. The lowest BCUT2D eigenvalue weighted by Crippen LogP contribution is -2.36. The van der Waals surface area contributed by atoms with Gasteiger partial charge in [0.2, 0.25) is 0 Å². The highest BCUT2D eigenvalue weighted by molar-refractivity contribution is 6.18. The Kier molecular flexibility index (Phi) is 4.98. The third kappa shape index (κ3) is 3.52. The van der Waals surface area contributed by atoms with Crippen LogP contribution in [-0.4, -0.2) is 34.4 Å². The predicted molar refractivity (Wildman–Crippen MR) is 118 cm³/mol. The van der Waals surface area contributed by atoms with Gasteiger partial charge in [-0.05, 0) is 37.6 Å². The smallest absolute Gasteiger partial charge is 0.342 e. The maximum Gasteiger partial charge on any atom is 0.342 e. The second-order valence-electron chi connectivity index (χ2n) is 8.60. The first-order chi connectivity index (χ1) is 14.3. The average Bonchev–Trinajstić information content (AvgIpc) is 3.05. The molecule has 0 saturated heterocycles. The molecule has 5 nitrogen and oxygen atoms in total. The van der Waals surface area contributed by atoms with Crippen molar-refractivity contribution in [2.45, 2.75) is 39.2 Å². The van der Waals surface area contributed by atoms with Crippen LogP contribution >= 0.6 is 0 Å². The van der Waals surface area contributed by atoms with Crippen LogP contribution in [0.2, 0.25) is 0 Å². The largest absolute Gasteiger partial charge is 0.459 e. The summed E-state index contributed by atoms with van der Waals surface area (Å²) in [5, 5.41) is 1.05. The van der Waals surface area contributed by atoms with Gasteiger partial charge in [0.15, 0.2) is 0 Å². The molecule has 1 aromatic heterocycles. The van der Waals surface area contributed by atoms with Crippen LogP contribution in [0.5, 0.6) is 0 Å². The van der Waals surface area contributed by atoms with Crippen molar-refractivity contribution >= 4 is 28.4 Å². The average molecular weight is 402 g/mol. The summed E-state index contributed by atoms with van der Waals surface area (Å²) in [6.07, 6.45) is 1.38. The molecular weight excluding hydrogens is 376 g/mol. The number of carbonyl (C=O) groups is 2. The number of fused-ring (bicyclic) bond motifs is 3. The Bertz CT molecular complexity index is 1140. The summed E-state index contributed by atoms with van der Waals surface area (Å²) < 4.78 is 5.53. The van der Waals surface area contributed by atoms with Crippen molar-refractivity contribution < 1.29 is 14.3 Å². The molecule has 5 heteroatoms. The fourth-order valence-electron chi connectivity index (χ4n) is 4.13. The van der Waals surface area contributed by atoms with Crippen LogP contribution in [0.3, 0.4) is 0 Å². The Labute approximate surface area is 176 Å². The summed E-state index contributed by atoms with van der Waals surface area (Å²) in [5.74, 6) is -0.589. The molecule has 1 aliphatic heterocycles. The summed E-state index contributed by atoms with van der Waals surface area (Å²) in [5.41, 5.74) is 3.25. The minimum atomic E-state index is -0.443. The van der Waals surface area contributed by atoms with E-state index in [1.807, 2.05) is 56.3 Å². The number of para-hydroxylation sites is 1. The lowest BCUT2D eigenvalue weighted by molar-refractivity contribution is -0.140. The van der Waals surface area contributed by atoms with Crippen LogP contribution < -0.4 is 0 Å². The number of ether oxygens (including phenoxy) is 1. The number of rotatable bonds is 3. The van der Waals surface area contributed by atoms with Crippen molar-refractivity contribution in [1.29, 1.82) is 0 Å². The Morgan fingerprint density at radius 3 is 2.40 bits per heavy atom. The number of nitrogens with one attached hydrogen (secondary N) is 1. The van der Waals surface area contributed by atoms with Crippen LogP contribution in [0.1, 0.15) is 49.3 Å². The molecule has 0 atom stereocenters. The zero-order valence-corrected chi connectivity index (χ0v) is 17.7. The van der Waals surface area contributed by atoms with Crippen LogP contribution in [-0.2, 0) is 14.9 Å². The molecule has 0 bridgehead atoms. The Hall–Kier alpha value is -3.34. The lowest BCUT2D eigenvalue weighted by atomic mass is 9.81. The standard InChI is InChI=1S/C25H26N2O3/c1-16(2)30-24(29)19-14-27(23(28)17-10-6-5-7-11-17)15-25(3,4)21-18-12-8-9-13-20(18)26-22(19)21/h5-14,16,26H,15H2,1-4H3. The second-order valence-corrected chi connectivity index (χ2v) is 8.60. The molecule has 0 spiro atoms. The summed E-state index contributed by atoms with van der Waals surface area (Å²) >= 11 is 0. The minimum Gasteiger partial charge on any atom is -0.459 e. The van der Waals surface area contributed by atoms with Crippen LogP contribution in [0.25, 0.3) is 16.5 Å². The monoisotopic (exact) mass is 402 g/mol. The van der Waals surface area contributed by atoms with Crippen molar-refractivity contribution in [3.05, 3.63) is 77.6 Å². The molecule has 1 N–H and O–H groups in total. The molecule has 4 rings (SSSR count). The second kappa shape index (κ2) is 7.48. The third-order valence-corrected chi connectivity index (χ3v) is 5.35. The van der Waals surface area contributed by atoms with E-state index in [0.29, 0.717) is 17.7 Å². The van der Waals surface area contributed by atoms with E-state index in [4.69, 9.17) is 4.74 Å². The number of esters is 1. The highest BCUT2D eigenvalue weighted by Crippen LogP contribution is 2.40. The van der Waals surface area contributed by atoms with Gasteiger partial charge < -0.3 is 14.6 Å². The molecule has 0 unspecified atom stereocenters. The third-order valence-electron chi connectivity index (χ3n) is 5.35. The first kappa shape index (κ1) is 20.0. The number of H-pyrrole nitrogens is 1. The van der Waals surface area contributed by atoms with E-state index in [2.05, 4.69) is 18.8 Å². The molecule has 1 amide bonds. The van der Waals surface area contributed by atoms with Crippen molar-refractivity contribution in [3.63, 3.8) is 0 Å². The molecule has 3 aromatic rings. The zero-order chi connectivity index (χ0) is 21.5. The maximum atomic E-state index is 13.3. The van der Waals surface area contributed by atoms with E-state index in [1.165, 1.54) is 0 Å². The lowest BCUT2D eigenvalue weighted by Gasteiger charge is -2.29. The van der Waals surface area contributed by atoms with Gasteiger partial charge in [0, 0.05) is 34.6 Å². The van der Waals surface area contributed by atoms with E-state index < -0.39 is 11.4 Å².